The Labute approximate surface area is 127 Å². The molecule has 0 fully saturated rings. The smallest absolute Gasteiger partial charge is 0.119 e. The second kappa shape index (κ2) is 5.89. The van der Waals surface area contributed by atoms with Crippen LogP contribution in [0.3, 0.4) is 0 Å². The average Bonchev–Trinajstić information content (AvgIpc) is 2.53. The number of hydrogen-bond donors (Lipinski definition) is 1. The molecule has 0 amide bonds. The fourth-order valence-electron chi connectivity index (χ4n) is 2.07. The first-order valence-corrected chi connectivity index (χ1v) is 6.97. The van der Waals surface area contributed by atoms with Crippen molar-refractivity contribution in [3.05, 3.63) is 64.8 Å². The maximum Gasteiger partial charge on any atom is 0.119 e. The van der Waals surface area contributed by atoms with Gasteiger partial charge in [-0.25, -0.2) is 0 Å². The van der Waals surface area contributed by atoms with Gasteiger partial charge in [-0.15, -0.1) is 0 Å². The molecular formula is C17H14N2OS. The number of aromatic amines is 1. The van der Waals surface area contributed by atoms with Crippen molar-refractivity contribution in [1.29, 1.82) is 0 Å². The van der Waals surface area contributed by atoms with E-state index in [0.29, 0.717) is 4.64 Å². The third-order valence-electron chi connectivity index (χ3n) is 3.21. The number of ether oxygens (including phenoxy) is 1. The van der Waals surface area contributed by atoms with E-state index in [1.54, 1.807) is 13.3 Å². The lowest BCUT2D eigenvalue weighted by Crippen LogP contribution is -1.88. The predicted octanol–water partition coefficient (Wildman–Crippen LogP) is 4.66. The summed E-state index contributed by atoms with van der Waals surface area (Å²) < 4.78 is 5.81. The van der Waals surface area contributed by atoms with Crippen LogP contribution in [-0.4, -0.2) is 18.3 Å². The number of aromatic nitrogens is 1. The number of aliphatic imine (C=N–C) groups is 1. The highest BCUT2D eigenvalue weighted by Gasteiger charge is 1.98. The zero-order valence-corrected chi connectivity index (χ0v) is 12.4. The van der Waals surface area contributed by atoms with Crippen LogP contribution in [0.25, 0.3) is 10.9 Å². The van der Waals surface area contributed by atoms with Gasteiger partial charge in [-0.2, -0.15) is 0 Å². The molecule has 0 unspecified atom stereocenters. The molecule has 1 N–H and O–H groups in total. The molecule has 3 nitrogen and oxygen atoms in total. The summed E-state index contributed by atoms with van der Waals surface area (Å²) in [7, 11) is 1.65. The molecule has 21 heavy (non-hydrogen) atoms. The number of hydrogen-bond acceptors (Lipinski definition) is 3. The molecule has 0 aliphatic rings. The molecule has 0 spiro atoms. The zero-order valence-electron chi connectivity index (χ0n) is 11.5. The second-order valence-electron chi connectivity index (χ2n) is 4.60. The van der Waals surface area contributed by atoms with Crippen LogP contribution in [0, 0.1) is 4.64 Å². The number of nitrogens with zero attached hydrogens (tertiary/aromatic N) is 1. The summed E-state index contributed by atoms with van der Waals surface area (Å²) in [5.74, 6) is 0.817. The number of H-pyrrole nitrogens is 1. The van der Waals surface area contributed by atoms with Gasteiger partial charge in [0, 0.05) is 17.3 Å². The van der Waals surface area contributed by atoms with Crippen molar-refractivity contribution >= 4 is 35.0 Å². The molecule has 0 saturated carbocycles. The van der Waals surface area contributed by atoms with Crippen LogP contribution in [0.4, 0.5) is 5.69 Å². The van der Waals surface area contributed by atoms with E-state index in [1.807, 2.05) is 54.6 Å². The van der Waals surface area contributed by atoms with Gasteiger partial charge in [0.15, 0.2) is 0 Å². The van der Waals surface area contributed by atoms with Gasteiger partial charge in [0.05, 0.1) is 12.8 Å². The lowest BCUT2D eigenvalue weighted by Gasteiger charge is -2.01. The third kappa shape index (κ3) is 3.01. The third-order valence-corrected chi connectivity index (χ3v) is 3.55. The van der Waals surface area contributed by atoms with E-state index in [0.717, 1.165) is 27.9 Å². The molecule has 0 bridgehead atoms. The van der Waals surface area contributed by atoms with E-state index < -0.39 is 0 Å². The van der Waals surface area contributed by atoms with Gasteiger partial charge in [-0.1, -0.05) is 30.4 Å². The minimum atomic E-state index is 0.686. The van der Waals surface area contributed by atoms with Gasteiger partial charge in [0.25, 0.3) is 0 Å². The number of methoxy groups -OCH3 is 1. The largest absolute Gasteiger partial charge is 0.497 e. The Balaban J connectivity index is 1.94. The van der Waals surface area contributed by atoms with Gasteiger partial charge in [0.2, 0.25) is 0 Å². The molecule has 0 atom stereocenters. The molecule has 104 valence electrons. The maximum absolute atomic E-state index is 5.37. The van der Waals surface area contributed by atoms with Crippen LogP contribution in [-0.2, 0) is 0 Å². The molecule has 4 heteroatoms. The molecule has 0 radical (unpaired) electrons. The molecule has 3 aromatic rings. The van der Waals surface area contributed by atoms with E-state index in [1.165, 1.54) is 0 Å². The first kappa shape index (κ1) is 13.5. The van der Waals surface area contributed by atoms with Crippen molar-refractivity contribution in [3.8, 4) is 5.75 Å². The van der Waals surface area contributed by atoms with Crippen LogP contribution in [0.5, 0.6) is 5.75 Å². The van der Waals surface area contributed by atoms with Gasteiger partial charge < -0.3 is 9.72 Å². The Kier molecular flexibility index (Phi) is 3.79. The molecule has 1 heterocycles. The molecule has 2 aromatic carbocycles. The van der Waals surface area contributed by atoms with Crippen LogP contribution in [0.1, 0.15) is 5.56 Å². The summed E-state index contributed by atoms with van der Waals surface area (Å²) in [6, 6.07) is 17.7. The number of rotatable bonds is 3. The summed E-state index contributed by atoms with van der Waals surface area (Å²) in [5, 5.41) is 1.11. The average molecular weight is 294 g/mol. The lowest BCUT2D eigenvalue weighted by atomic mass is 10.2. The minimum absolute atomic E-state index is 0.686. The second-order valence-corrected chi connectivity index (χ2v) is 5.01. The molecule has 0 saturated heterocycles. The zero-order chi connectivity index (χ0) is 14.7. The Morgan fingerprint density at radius 1 is 1.10 bits per heavy atom. The molecule has 1 aromatic heterocycles. The van der Waals surface area contributed by atoms with E-state index in [2.05, 4.69) is 9.98 Å². The Morgan fingerprint density at radius 3 is 2.62 bits per heavy atom. The summed E-state index contributed by atoms with van der Waals surface area (Å²) in [4.78, 5) is 7.67. The van der Waals surface area contributed by atoms with Crippen LogP contribution in [0.2, 0.25) is 0 Å². The first-order valence-electron chi connectivity index (χ1n) is 6.56. The number of nitrogens with one attached hydrogen (secondary N) is 1. The summed E-state index contributed by atoms with van der Waals surface area (Å²) in [6.07, 6.45) is 1.78. The van der Waals surface area contributed by atoms with Crippen molar-refractivity contribution in [2.45, 2.75) is 0 Å². The van der Waals surface area contributed by atoms with E-state index in [4.69, 9.17) is 17.0 Å². The standard InChI is InChI=1S/C17H14N2OS/c1-20-15-8-6-14(7-9-15)18-11-13-10-12-4-2-3-5-16(12)19-17(13)21/h2-11H,1H3,(H,19,21). The number of para-hydroxylation sites is 1. The quantitative estimate of drug-likeness (QED) is 0.563. The van der Waals surface area contributed by atoms with E-state index in [-0.39, 0.29) is 0 Å². The van der Waals surface area contributed by atoms with Crippen molar-refractivity contribution in [2.24, 2.45) is 4.99 Å². The SMILES string of the molecule is COc1ccc(N=Cc2cc3ccccc3[nH]c2=S)cc1. The topological polar surface area (TPSA) is 37.4 Å². The lowest BCUT2D eigenvalue weighted by molar-refractivity contribution is 0.415. The normalized spacial score (nSPS) is 11.1. The highest BCUT2D eigenvalue weighted by molar-refractivity contribution is 7.71. The minimum Gasteiger partial charge on any atom is -0.497 e. The predicted molar refractivity (Wildman–Crippen MR) is 89.4 cm³/mol. The van der Waals surface area contributed by atoms with Crippen molar-refractivity contribution in [1.82, 2.24) is 4.98 Å². The first-order chi connectivity index (χ1) is 10.3. The fraction of sp³-hybridized carbons (Fsp3) is 0.0588. The maximum atomic E-state index is 5.37. The highest BCUT2D eigenvalue weighted by Crippen LogP contribution is 2.18. The Bertz CT molecular complexity index is 851. The highest BCUT2D eigenvalue weighted by atomic mass is 32.1. The Morgan fingerprint density at radius 2 is 1.86 bits per heavy atom. The molecule has 0 aliphatic heterocycles. The number of fused-ring (bicyclic) bond motifs is 1. The van der Waals surface area contributed by atoms with Crippen LogP contribution < -0.4 is 4.74 Å². The molecular weight excluding hydrogens is 280 g/mol. The van der Waals surface area contributed by atoms with Gasteiger partial charge in [-0.05, 0) is 41.8 Å². The number of pyridine rings is 1. The number of benzene rings is 2. The van der Waals surface area contributed by atoms with Crippen LogP contribution >= 0.6 is 12.2 Å². The summed E-state index contributed by atoms with van der Waals surface area (Å²) >= 11 is 5.37. The van der Waals surface area contributed by atoms with Gasteiger partial charge in [-0.3, -0.25) is 4.99 Å². The Hall–Kier alpha value is -2.46. The van der Waals surface area contributed by atoms with E-state index in [9.17, 15) is 0 Å². The van der Waals surface area contributed by atoms with Gasteiger partial charge >= 0.3 is 0 Å². The van der Waals surface area contributed by atoms with Crippen molar-refractivity contribution in [3.63, 3.8) is 0 Å². The summed E-state index contributed by atoms with van der Waals surface area (Å²) in [6.45, 7) is 0. The monoisotopic (exact) mass is 294 g/mol. The van der Waals surface area contributed by atoms with Crippen molar-refractivity contribution in [2.75, 3.05) is 7.11 Å². The fourth-order valence-corrected chi connectivity index (χ4v) is 2.29. The molecule has 3 rings (SSSR count). The summed E-state index contributed by atoms with van der Waals surface area (Å²) in [5.41, 5.74) is 2.79. The van der Waals surface area contributed by atoms with E-state index >= 15 is 0 Å². The van der Waals surface area contributed by atoms with Gasteiger partial charge in [0.1, 0.15) is 10.4 Å². The van der Waals surface area contributed by atoms with Crippen molar-refractivity contribution < 1.29 is 4.74 Å². The molecule has 0 aliphatic carbocycles. The van der Waals surface area contributed by atoms with Crippen LogP contribution in [0.15, 0.2) is 59.6 Å².